The summed E-state index contributed by atoms with van der Waals surface area (Å²) in [7, 11) is 0. The van der Waals surface area contributed by atoms with E-state index in [9.17, 15) is 10.1 Å². The molecule has 17 heavy (non-hydrogen) atoms. The third-order valence-corrected chi connectivity index (χ3v) is 2.62. The normalized spacial score (nSPS) is 10.5. The number of hydrogen-bond donors (Lipinski definition) is 0. The van der Waals surface area contributed by atoms with E-state index >= 15 is 0 Å². The summed E-state index contributed by atoms with van der Waals surface area (Å²) in [5.41, 5.74) is 0.610. The summed E-state index contributed by atoms with van der Waals surface area (Å²) in [6.07, 6.45) is 4.40. The quantitative estimate of drug-likeness (QED) is 0.638. The van der Waals surface area contributed by atoms with Crippen molar-refractivity contribution in [2.75, 3.05) is 0 Å². The van der Waals surface area contributed by atoms with Crippen LogP contribution in [-0.4, -0.2) is 24.7 Å². The average Bonchev–Trinajstić information content (AvgIpc) is 2.63. The van der Waals surface area contributed by atoms with Crippen LogP contribution in [0.15, 0.2) is 23.1 Å². The minimum absolute atomic E-state index is 0.230. The molecule has 0 atom stereocenters. The molecule has 2 rings (SSSR count). The smallest absolute Gasteiger partial charge is 0.358 e. The molecule has 88 valence electrons. The van der Waals surface area contributed by atoms with Crippen molar-refractivity contribution in [3.8, 4) is 0 Å². The van der Waals surface area contributed by atoms with E-state index in [1.165, 1.54) is 23.3 Å². The second kappa shape index (κ2) is 4.76. The monoisotopic (exact) mass is 317 g/mol. The third kappa shape index (κ3) is 2.77. The number of nitrogens with zero attached hydrogens (tertiary/aromatic N) is 5. The van der Waals surface area contributed by atoms with Crippen LogP contribution in [0.4, 0.5) is 5.82 Å². The lowest BCUT2D eigenvalue weighted by molar-refractivity contribution is -0.390. The fourth-order valence-electron chi connectivity index (χ4n) is 1.18. The fraction of sp³-hybridized carbons (Fsp3) is 0.125. The molecule has 0 aliphatic heterocycles. The second-order valence-corrected chi connectivity index (χ2v) is 4.33. The molecule has 0 radical (unpaired) electrons. The number of aromatic nitrogens is 4. The Balaban J connectivity index is 2.22. The lowest BCUT2D eigenvalue weighted by Gasteiger charge is -1.96. The Morgan fingerprint density at radius 3 is 2.76 bits per heavy atom. The van der Waals surface area contributed by atoms with Crippen molar-refractivity contribution in [3.63, 3.8) is 0 Å². The number of rotatable bonds is 3. The van der Waals surface area contributed by atoms with Gasteiger partial charge in [0.05, 0.1) is 29.4 Å². The molecule has 9 heteroatoms. The minimum Gasteiger partial charge on any atom is -0.358 e. The molecule has 0 fully saturated rings. The summed E-state index contributed by atoms with van der Waals surface area (Å²) in [4.78, 5) is 17.9. The van der Waals surface area contributed by atoms with Gasteiger partial charge in [0, 0.05) is 0 Å². The van der Waals surface area contributed by atoms with Gasteiger partial charge in [-0.2, -0.15) is 4.68 Å². The van der Waals surface area contributed by atoms with Crippen LogP contribution in [0, 0.1) is 10.1 Å². The topological polar surface area (TPSA) is 86.7 Å². The highest BCUT2D eigenvalue weighted by Crippen LogP contribution is 2.22. The van der Waals surface area contributed by atoms with Gasteiger partial charge in [-0.15, -0.1) is 0 Å². The zero-order chi connectivity index (χ0) is 12.4. The van der Waals surface area contributed by atoms with Gasteiger partial charge in [0.25, 0.3) is 0 Å². The van der Waals surface area contributed by atoms with Gasteiger partial charge in [-0.05, 0) is 20.9 Å². The van der Waals surface area contributed by atoms with Gasteiger partial charge in [-0.3, -0.25) is 4.98 Å². The van der Waals surface area contributed by atoms with Crippen LogP contribution in [0.5, 0.6) is 0 Å². The van der Waals surface area contributed by atoms with Gasteiger partial charge in [0.1, 0.15) is 16.2 Å². The van der Waals surface area contributed by atoms with E-state index in [-0.39, 0.29) is 12.4 Å². The molecule has 7 nitrogen and oxygen atoms in total. The highest BCUT2D eigenvalue weighted by Gasteiger charge is 2.18. The zero-order valence-corrected chi connectivity index (χ0v) is 10.6. The Bertz CT molecular complexity index is 556. The fourth-order valence-corrected chi connectivity index (χ4v) is 1.74. The van der Waals surface area contributed by atoms with Crippen LogP contribution in [-0.2, 0) is 6.54 Å². The molecule has 0 saturated heterocycles. The molecular weight excluding hydrogens is 313 g/mol. The summed E-state index contributed by atoms with van der Waals surface area (Å²) in [5.74, 6) is -0.230. The van der Waals surface area contributed by atoms with Gasteiger partial charge in [-0.25, -0.2) is 4.98 Å². The van der Waals surface area contributed by atoms with Crippen molar-refractivity contribution in [1.82, 2.24) is 19.7 Å². The van der Waals surface area contributed by atoms with E-state index in [1.807, 2.05) is 0 Å². The molecule has 0 amide bonds. The molecular formula is C8H5BrClN5O2. The first-order valence-corrected chi connectivity index (χ1v) is 5.57. The van der Waals surface area contributed by atoms with Crippen molar-refractivity contribution >= 4 is 33.3 Å². The number of hydrogen-bond acceptors (Lipinski definition) is 5. The summed E-state index contributed by atoms with van der Waals surface area (Å²) in [6.45, 7) is 0.288. The predicted molar refractivity (Wildman–Crippen MR) is 62.7 cm³/mol. The molecule has 0 bridgehead atoms. The predicted octanol–water partition coefficient (Wildman–Crippen LogP) is 2.05. The average molecular weight is 319 g/mol. The zero-order valence-electron chi connectivity index (χ0n) is 8.25. The molecule has 0 spiro atoms. The van der Waals surface area contributed by atoms with Crippen LogP contribution in [0.2, 0.25) is 5.15 Å². The molecule has 0 N–H and O–H groups in total. The van der Waals surface area contributed by atoms with Gasteiger partial charge in [0.2, 0.25) is 0 Å². The summed E-state index contributed by atoms with van der Waals surface area (Å²) in [5, 5.41) is 14.7. The number of nitro groups is 1. The largest absolute Gasteiger partial charge is 0.404 e. The van der Waals surface area contributed by atoms with Crippen molar-refractivity contribution in [2.24, 2.45) is 0 Å². The van der Waals surface area contributed by atoms with E-state index < -0.39 is 4.92 Å². The lowest BCUT2D eigenvalue weighted by atomic mass is 10.4. The van der Waals surface area contributed by atoms with Gasteiger partial charge in [0.15, 0.2) is 0 Å². The Kier molecular flexibility index (Phi) is 3.34. The maximum atomic E-state index is 10.6. The first kappa shape index (κ1) is 11.9. The van der Waals surface area contributed by atoms with Gasteiger partial charge in [-0.1, -0.05) is 11.6 Å². The molecule has 0 aliphatic carbocycles. The molecule has 0 unspecified atom stereocenters. The molecule has 2 aromatic heterocycles. The van der Waals surface area contributed by atoms with Crippen LogP contribution >= 0.6 is 27.5 Å². The molecule has 2 aromatic rings. The number of halogens is 2. The van der Waals surface area contributed by atoms with Crippen molar-refractivity contribution in [2.45, 2.75) is 6.54 Å². The maximum Gasteiger partial charge on any atom is 0.404 e. The lowest BCUT2D eigenvalue weighted by Crippen LogP contribution is -2.03. The van der Waals surface area contributed by atoms with Crippen molar-refractivity contribution in [3.05, 3.63) is 44.0 Å². The molecule has 2 heterocycles. The summed E-state index contributed by atoms with van der Waals surface area (Å²) < 4.78 is 1.73. The summed E-state index contributed by atoms with van der Waals surface area (Å²) in [6, 6.07) is 0. The SMILES string of the molecule is O=[N+]([O-])c1nn(Cc2cnc(Cl)cn2)cc1Br. The Morgan fingerprint density at radius 1 is 1.47 bits per heavy atom. The van der Waals surface area contributed by atoms with Gasteiger partial charge < -0.3 is 10.1 Å². The van der Waals surface area contributed by atoms with Gasteiger partial charge >= 0.3 is 5.82 Å². The van der Waals surface area contributed by atoms with Crippen molar-refractivity contribution < 1.29 is 4.92 Å². The Morgan fingerprint density at radius 2 is 2.24 bits per heavy atom. The molecule has 0 aliphatic rings. The molecule has 0 saturated carbocycles. The second-order valence-electron chi connectivity index (χ2n) is 3.09. The van der Waals surface area contributed by atoms with Crippen LogP contribution in [0.25, 0.3) is 0 Å². The Hall–Kier alpha value is -1.54. The Labute approximate surface area is 109 Å². The standard InChI is InChI=1S/C8H5BrClN5O2/c9-6-4-14(13-8(6)15(16)17)3-5-1-12-7(10)2-11-5/h1-2,4H,3H2. The highest BCUT2D eigenvalue weighted by atomic mass is 79.9. The van der Waals surface area contributed by atoms with Crippen LogP contribution in [0.3, 0.4) is 0 Å². The third-order valence-electron chi connectivity index (χ3n) is 1.87. The van der Waals surface area contributed by atoms with Crippen LogP contribution in [0.1, 0.15) is 5.69 Å². The van der Waals surface area contributed by atoms with E-state index in [2.05, 4.69) is 31.0 Å². The van der Waals surface area contributed by atoms with E-state index in [0.717, 1.165) is 0 Å². The van der Waals surface area contributed by atoms with E-state index in [0.29, 0.717) is 15.3 Å². The van der Waals surface area contributed by atoms with E-state index in [4.69, 9.17) is 11.6 Å². The minimum atomic E-state index is -0.561. The highest BCUT2D eigenvalue weighted by molar-refractivity contribution is 9.10. The van der Waals surface area contributed by atoms with Crippen LogP contribution < -0.4 is 0 Å². The maximum absolute atomic E-state index is 10.6. The molecule has 0 aromatic carbocycles. The van der Waals surface area contributed by atoms with Crippen molar-refractivity contribution in [1.29, 1.82) is 0 Å². The van der Waals surface area contributed by atoms with E-state index in [1.54, 1.807) is 0 Å². The first-order valence-electron chi connectivity index (χ1n) is 4.40. The summed E-state index contributed by atoms with van der Waals surface area (Å²) >= 11 is 8.65. The first-order chi connectivity index (χ1) is 8.06.